The second kappa shape index (κ2) is 6.67. The summed E-state index contributed by atoms with van der Waals surface area (Å²) in [4.78, 5) is 31.6. The van der Waals surface area contributed by atoms with Gasteiger partial charge >= 0.3 is 0 Å². The number of carbonyl (C=O) groups excluding carboxylic acids is 2. The fourth-order valence-corrected chi connectivity index (χ4v) is 3.57. The molecule has 0 spiro atoms. The van der Waals surface area contributed by atoms with Gasteiger partial charge in [0.2, 0.25) is 11.8 Å². The van der Waals surface area contributed by atoms with E-state index in [1.807, 2.05) is 30.0 Å². The van der Waals surface area contributed by atoms with Gasteiger partial charge in [-0.15, -0.1) is 0 Å². The third-order valence-corrected chi connectivity index (χ3v) is 4.99. The van der Waals surface area contributed by atoms with Crippen LogP contribution in [0.5, 0.6) is 0 Å². The summed E-state index contributed by atoms with van der Waals surface area (Å²) in [5, 5.41) is 1.13. The maximum Gasteiger partial charge on any atom is 0.227 e. The Balaban J connectivity index is 1.66. The molecule has 1 N–H and O–H groups in total. The maximum atomic E-state index is 12.7. The molecule has 5 nitrogen and oxygen atoms in total. The third kappa shape index (κ3) is 3.16. The van der Waals surface area contributed by atoms with Gasteiger partial charge in [-0.2, -0.15) is 0 Å². The minimum absolute atomic E-state index is 0.0545. The Morgan fingerprint density at radius 2 is 1.88 bits per heavy atom. The number of nitrogens with zero attached hydrogens (tertiary/aromatic N) is 2. The number of fused-ring (bicyclic) bond motifs is 1. The van der Waals surface area contributed by atoms with Crippen LogP contribution < -0.4 is 0 Å². The molecule has 2 heterocycles. The van der Waals surface area contributed by atoms with E-state index < -0.39 is 0 Å². The minimum Gasteiger partial charge on any atom is -0.358 e. The number of piperidine rings is 1. The van der Waals surface area contributed by atoms with Crippen LogP contribution in [0.1, 0.15) is 24.1 Å². The van der Waals surface area contributed by atoms with Gasteiger partial charge in [-0.25, -0.2) is 0 Å². The summed E-state index contributed by atoms with van der Waals surface area (Å²) in [6, 6.07) is 8.09. The number of carbonyl (C=O) groups is 2. The van der Waals surface area contributed by atoms with Crippen molar-refractivity contribution in [2.45, 2.75) is 26.2 Å². The highest BCUT2D eigenvalue weighted by Crippen LogP contribution is 2.24. The molecule has 0 radical (unpaired) electrons. The molecule has 0 saturated carbocycles. The van der Waals surface area contributed by atoms with Crippen molar-refractivity contribution in [3.63, 3.8) is 0 Å². The second-order valence-corrected chi connectivity index (χ2v) is 6.84. The fraction of sp³-hybridized carbons (Fsp3) is 0.474. The Labute approximate surface area is 142 Å². The van der Waals surface area contributed by atoms with Crippen molar-refractivity contribution in [3.8, 4) is 0 Å². The molecule has 0 unspecified atom stereocenters. The van der Waals surface area contributed by atoms with Gasteiger partial charge in [0.15, 0.2) is 0 Å². The first-order valence-electron chi connectivity index (χ1n) is 8.52. The summed E-state index contributed by atoms with van der Waals surface area (Å²) in [7, 11) is 3.58. The van der Waals surface area contributed by atoms with Crippen LogP contribution in [-0.4, -0.2) is 53.8 Å². The number of hydrogen-bond donors (Lipinski definition) is 1. The van der Waals surface area contributed by atoms with Crippen LogP contribution in [-0.2, 0) is 16.0 Å². The molecule has 0 atom stereocenters. The van der Waals surface area contributed by atoms with Gasteiger partial charge < -0.3 is 14.8 Å². The first-order valence-corrected chi connectivity index (χ1v) is 8.52. The summed E-state index contributed by atoms with van der Waals surface area (Å²) < 4.78 is 0. The molecule has 1 aliphatic rings. The van der Waals surface area contributed by atoms with E-state index in [0.717, 1.165) is 35.0 Å². The molecular formula is C19H25N3O2. The molecule has 24 heavy (non-hydrogen) atoms. The molecule has 1 saturated heterocycles. The lowest BCUT2D eigenvalue weighted by molar-refractivity contribution is -0.138. The van der Waals surface area contributed by atoms with E-state index in [2.05, 4.69) is 11.1 Å². The monoisotopic (exact) mass is 327 g/mol. The number of aromatic nitrogens is 1. The van der Waals surface area contributed by atoms with E-state index in [-0.39, 0.29) is 17.7 Å². The molecule has 0 aliphatic carbocycles. The molecule has 1 aromatic carbocycles. The van der Waals surface area contributed by atoms with Crippen molar-refractivity contribution < 1.29 is 9.59 Å². The predicted octanol–water partition coefficient (Wildman–Crippen LogP) is 2.35. The minimum atomic E-state index is 0.0545. The van der Waals surface area contributed by atoms with Crippen LogP contribution in [0, 0.1) is 12.8 Å². The lowest BCUT2D eigenvalue weighted by Gasteiger charge is -2.32. The second-order valence-electron chi connectivity index (χ2n) is 6.84. The van der Waals surface area contributed by atoms with Crippen LogP contribution in [0.2, 0.25) is 0 Å². The molecule has 2 aromatic rings. The maximum absolute atomic E-state index is 12.7. The number of benzene rings is 1. The zero-order chi connectivity index (χ0) is 17.3. The standard InChI is InChI=1S/C19H25N3O2/c1-13-16(15-6-4-5-7-17(15)20-13)12-18(23)22-10-8-14(9-11-22)19(24)21(2)3/h4-7,14,20H,8-12H2,1-3H3. The van der Waals surface area contributed by atoms with Gasteiger partial charge in [-0.05, 0) is 31.4 Å². The van der Waals surface area contributed by atoms with Gasteiger partial charge in [-0.3, -0.25) is 9.59 Å². The molecule has 0 bridgehead atoms. The highest BCUT2D eigenvalue weighted by Gasteiger charge is 2.28. The quantitative estimate of drug-likeness (QED) is 0.941. The predicted molar refractivity (Wildman–Crippen MR) is 94.7 cm³/mol. The van der Waals surface area contributed by atoms with E-state index >= 15 is 0 Å². The fourth-order valence-electron chi connectivity index (χ4n) is 3.57. The first-order chi connectivity index (χ1) is 11.5. The number of aromatic amines is 1. The van der Waals surface area contributed by atoms with Crippen molar-refractivity contribution >= 4 is 22.7 Å². The number of hydrogen-bond acceptors (Lipinski definition) is 2. The Morgan fingerprint density at radius 3 is 2.54 bits per heavy atom. The van der Waals surface area contributed by atoms with E-state index in [0.29, 0.717) is 19.5 Å². The summed E-state index contributed by atoms with van der Waals surface area (Å²) >= 11 is 0. The van der Waals surface area contributed by atoms with Gasteiger partial charge in [0.1, 0.15) is 0 Å². The highest BCUT2D eigenvalue weighted by molar-refractivity contribution is 5.90. The van der Waals surface area contributed by atoms with Gasteiger partial charge in [0.25, 0.3) is 0 Å². The van der Waals surface area contributed by atoms with Crippen LogP contribution in [0.15, 0.2) is 24.3 Å². The van der Waals surface area contributed by atoms with Crippen LogP contribution >= 0.6 is 0 Å². The number of amides is 2. The lowest BCUT2D eigenvalue weighted by Crippen LogP contribution is -2.43. The van der Waals surface area contributed by atoms with Gasteiger partial charge in [0, 0.05) is 49.7 Å². The van der Waals surface area contributed by atoms with Crippen molar-refractivity contribution in [2.24, 2.45) is 5.92 Å². The SMILES string of the molecule is Cc1[nH]c2ccccc2c1CC(=O)N1CCC(C(=O)N(C)C)CC1. The Kier molecular flexibility index (Phi) is 4.60. The topological polar surface area (TPSA) is 56.4 Å². The van der Waals surface area contributed by atoms with E-state index in [9.17, 15) is 9.59 Å². The molecule has 1 fully saturated rings. The Bertz CT molecular complexity index is 755. The Morgan fingerprint density at radius 1 is 1.21 bits per heavy atom. The van der Waals surface area contributed by atoms with Crippen molar-refractivity contribution in [1.82, 2.24) is 14.8 Å². The van der Waals surface area contributed by atoms with Crippen molar-refractivity contribution in [3.05, 3.63) is 35.5 Å². The number of H-pyrrole nitrogens is 1. The van der Waals surface area contributed by atoms with E-state index in [1.165, 1.54) is 0 Å². The summed E-state index contributed by atoms with van der Waals surface area (Å²) in [6.07, 6.45) is 1.94. The van der Waals surface area contributed by atoms with Crippen molar-refractivity contribution in [2.75, 3.05) is 27.2 Å². The number of nitrogens with one attached hydrogen (secondary N) is 1. The van der Waals surface area contributed by atoms with E-state index in [1.54, 1.807) is 19.0 Å². The molecule has 3 rings (SSSR count). The molecule has 128 valence electrons. The molecule has 2 amide bonds. The average molecular weight is 327 g/mol. The zero-order valence-electron chi connectivity index (χ0n) is 14.6. The average Bonchev–Trinajstić information content (AvgIpc) is 2.90. The number of aryl methyl sites for hydroxylation is 1. The summed E-state index contributed by atoms with van der Waals surface area (Å²) in [5.74, 6) is 0.382. The summed E-state index contributed by atoms with van der Waals surface area (Å²) in [6.45, 7) is 3.36. The first kappa shape index (κ1) is 16.6. The molecule has 1 aliphatic heterocycles. The summed E-state index contributed by atoms with van der Waals surface area (Å²) in [5.41, 5.74) is 3.22. The van der Waals surface area contributed by atoms with E-state index in [4.69, 9.17) is 0 Å². The Hall–Kier alpha value is -2.30. The number of para-hydroxylation sites is 1. The van der Waals surface area contributed by atoms with Gasteiger partial charge in [0.05, 0.1) is 6.42 Å². The normalized spacial score (nSPS) is 15.7. The highest BCUT2D eigenvalue weighted by atomic mass is 16.2. The van der Waals surface area contributed by atoms with Crippen LogP contribution in [0.4, 0.5) is 0 Å². The molecule has 5 heteroatoms. The van der Waals surface area contributed by atoms with Gasteiger partial charge in [-0.1, -0.05) is 18.2 Å². The van der Waals surface area contributed by atoms with Crippen LogP contribution in [0.25, 0.3) is 10.9 Å². The number of likely N-dealkylation sites (tertiary alicyclic amines) is 1. The number of rotatable bonds is 3. The van der Waals surface area contributed by atoms with Crippen molar-refractivity contribution in [1.29, 1.82) is 0 Å². The molecular weight excluding hydrogens is 302 g/mol. The largest absolute Gasteiger partial charge is 0.358 e. The zero-order valence-corrected chi connectivity index (χ0v) is 14.6. The van der Waals surface area contributed by atoms with Crippen LogP contribution in [0.3, 0.4) is 0 Å². The third-order valence-electron chi connectivity index (χ3n) is 4.99. The lowest BCUT2D eigenvalue weighted by atomic mass is 9.95. The smallest absolute Gasteiger partial charge is 0.227 e. The molecule has 1 aromatic heterocycles.